The van der Waals surface area contributed by atoms with Gasteiger partial charge in [0.1, 0.15) is 0 Å². The molecule has 0 aliphatic rings. The quantitative estimate of drug-likeness (QED) is 0.900. The van der Waals surface area contributed by atoms with Crippen LogP contribution in [-0.2, 0) is 6.42 Å². The molecule has 0 bridgehead atoms. The van der Waals surface area contributed by atoms with Crippen molar-refractivity contribution in [2.24, 2.45) is 5.73 Å². The third-order valence-corrected chi connectivity index (χ3v) is 3.29. The molecule has 1 aromatic carbocycles. The zero-order chi connectivity index (χ0) is 13.3. The molecule has 96 valence electrons. The number of hydrogen-bond donors (Lipinski definition) is 1. The molecule has 0 saturated carbocycles. The van der Waals surface area contributed by atoms with Gasteiger partial charge in [-0.3, -0.25) is 0 Å². The van der Waals surface area contributed by atoms with Crippen LogP contribution in [-0.4, -0.2) is 15.6 Å². The van der Waals surface area contributed by atoms with Crippen molar-refractivity contribution in [1.29, 1.82) is 0 Å². The van der Waals surface area contributed by atoms with E-state index in [2.05, 4.69) is 41.6 Å². The predicted molar refractivity (Wildman–Crippen MR) is 75.1 cm³/mol. The monoisotopic (exact) mass is 243 g/mol. The Morgan fingerprint density at radius 1 is 1.28 bits per heavy atom. The molecule has 1 heterocycles. The Labute approximate surface area is 109 Å². The number of nitrogens with two attached hydrogens (primary N) is 1. The van der Waals surface area contributed by atoms with Gasteiger partial charge >= 0.3 is 0 Å². The third-order valence-electron chi connectivity index (χ3n) is 3.29. The fraction of sp³-hybridized carbons (Fsp3) is 0.400. The van der Waals surface area contributed by atoms with Crippen LogP contribution in [0.15, 0.2) is 24.5 Å². The lowest BCUT2D eigenvalue weighted by Gasteiger charge is -2.14. The van der Waals surface area contributed by atoms with E-state index in [0.29, 0.717) is 0 Å². The molecule has 0 aliphatic carbocycles. The molecule has 0 amide bonds. The Balaban J connectivity index is 2.53. The molecule has 1 aromatic heterocycles. The summed E-state index contributed by atoms with van der Waals surface area (Å²) in [6.07, 6.45) is 2.77. The smallest absolute Gasteiger partial charge is 0.0997 e. The van der Waals surface area contributed by atoms with Crippen LogP contribution in [0.1, 0.15) is 29.4 Å². The highest BCUT2D eigenvalue weighted by Crippen LogP contribution is 2.20. The van der Waals surface area contributed by atoms with Crippen molar-refractivity contribution < 1.29 is 0 Å². The molecule has 0 spiro atoms. The topological polar surface area (TPSA) is 43.8 Å². The minimum absolute atomic E-state index is 0.162. The number of hydrogen-bond acceptors (Lipinski definition) is 2. The van der Waals surface area contributed by atoms with Crippen LogP contribution in [0.3, 0.4) is 0 Å². The minimum Gasteiger partial charge on any atom is -0.328 e. The van der Waals surface area contributed by atoms with Gasteiger partial charge in [-0.05, 0) is 45.7 Å². The van der Waals surface area contributed by atoms with Crippen molar-refractivity contribution in [2.45, 2.75) is 40.2 Å². The molecule has 0 fully saturated rings. The second kappa shape index (κ2) is 4.94. The summed E-state index contributed by atoms with van der Waals surface area (Å²) in [5, 5.41) is 0. The number of aromatic nitrogens is 2. The molecule has 0 saturated heterocycles. The predicted octanol–water partition coefficient (Wildman–Crippen LogP) is 2.69. The van der Waals surface area contributed by atoms with Gasteiger partial charge in [-0.2, -0.15) is 0 Å². The minimum atomic E-state index is 0.162. The molecule has 2 aromatic rings. The molecule has 2 N–H and O–H groups in total. The fourth-order valence-electron chi connectivity index (χ4n) is 2.20. The molecule has 3 heteroatoms. The fourth-order valence-corrected chi connectivity index (χ4v) is 2.20. The lowest BCUT2D eigenvalue weighted by molar-refractivity contribution is 0.732. The van der Waals surface area contributed by atoms with Crippen molar-refractivity contribution in [1.82, 2.24) is 9.55 Å². The first-order chi connectivity index (χ1) is 8.49. The molecule has 2 rings (SSSR count). The summed E-state index contributed by atoms with van der Waals surface area (Å²) < 4.78 is 2.15. The third kappa shape index (κ3) is 2.46. The summed E-state index contributed by atoms with van der Waals surface area (Å²) >= 11 is 0. The van der Waals surface area contributed by atoms with E-state index in [-0.39, 0.29) is 6.04 Å². The number of rotatable bonds is 3. The van der Waals surface area contributed by atoms with Crippen LogP contribution in [0, 0.1) is 20.8 Å². The van der Waals surface area contributed by atoms with Crippen LogP contribution >= 0.6 is 0 Å². The highest BCUT2D eigenvalue weighted by atomic mass is 15.1. The molecule has 18 heavy (non-hydrogen) atoms. The number of imidazole rings is 1. The van der Waals surface area contributed by atoms with E-state index in [4.69, 9.17) is 5.73 Å². The van der Waals surface area contributed by atoms with Gasteiger partial charge in [0, 0.05) is 11.7 Å². The Kier molecular flexibility index (Phi) is 3.53. The standard InChI is InChI=1S/C15H21N3/c1-10-5-6-15(14(7-10)8-11(2)16)18-9-17-12(3)13(18)4/h5-7,9,11H,8,16H2,1-4H3. The largest absolute Gasteiger partial charge is 0.328 e. The summed E-state index contributed by atoms with van der Waals surface area (Å²) in [7, 11) is 0. The molecular weight excluding hydrogens is 222 g/mol. The average molecular weight is 243 g/mol. The van der Waals surface area contributed by atoms with Gasteiger partial charge in [0.2, 0.25) is 0 Å². The molecule has 3 nitrogen and oxygen atoms in total. The average Bonchev–Trinajstić information content (AvgIpc) is 2.60. The zero-order valence-electron chi connectivity index (χ0n) is 11.6. The van der Waals surface area contributed by atoms with Crippen molar-refractivity contribution in [3.63, 3.8) is 0 Å². The Bertz CT molecular complexity index is 553. The van der Waals surface area contributed by atoms with Crippen LogP contribution in [0.25, 0.3) is 5.69 Å². The van der Waals surface area contributed by atoms with Gasteiger partial charge in [-0.15, -0.1) is 0 Å². The van der Waals surface area contributed by atoms with Gasteiger partial charge in [0.25, 0.3) is 0 Å². The maximum Gasteiger partial charge on any atom is 0.0997 e. The second-order valence-electron chi connectivity index (χ2n) is 5.10. The van der Waals surface area contributed by atoms with E-state index in [1.807, 2.05) is 20.2 Å². The number of nitrogens with zero attached hydrogens (tertiary/aromatic N) is 2. The van der Waals surface area contributed by atoms with Crippen LogP contribution in [0.4, 0.5) is 0 Å². The van der Waals surface area contributed by atoms with Crippen LogP contribution < -0.4 is 5.73 Å². The SMILES string of the molecule is Cc1ccc(-n2cnc(C)c2C)c(CC(C)N)c1. The second-order valence-corrected chi connectivity index (χ2v) is 5.10. The maximum absolute atomic E-state index is 5.94. The van der Waals surface area contributed by atoms with Crippen molar-refractivity contribution in [3.05, 3.63) is 47.0 Å². The summed E-state index contributed by atoms with van der Waals surface area (Å²) in [6, 6.07) is 6.67. The lowest BCUT2D eigenvalue weighted by Crippen LogP contribution is -2.19. The number of benzene rings is 1. The van der Waals surface area contributed by atoms with Gasteiger partial charge in [0.05, 0.1) is 17.7 Å². The van der Waals surface area contributed by atoms with Crippen LogP contribution in [0.5, 0.6) is 0 Å². The Hall–Kier alpha value is -1.61. The molecule has 0 radical (unpaired) electrons. The Morgan fingerprint density at radius 2 is 2.00 bits per heavy atom. The van der Waals surface area contributed by atoms with Gasteiger partial charge in [0.15, 0.2) is 0 Å². The first-order valence-corrected chi connectivity index (χ1v) is 6.35. The summed E-state index contributed by atoms with van der Waals surface area (Å²) in [5.41, 5.74) is 11.9. The van der Waals surface area contributed by atoms with Gasteiger partial charge in [-0.25, -0.2) is 4.98 Å². The van der Waals surface area contributed by atoms with E-state index in [0.717, 1.165) is 12.1 Å². The lowest BCUT2D eigenvalue weighted by atomic mass is 10.0. The normalized spacial score (nSPS) is 12.7. The van der Waals surface area contributed by atoms with E-state index in [1.165, 1.54) is 22.5 Å². The maximum atomic E-state index is 5.94. The zero-order valence-corrected chi connectivity index (χ0v) is 11.6. The van der Waals surface area contributed by atoms with Gasteiger partial charge in [-0.1, -0.05) is 17.7 Å². The highest BCUT2D eigenvalue weighted by Gasteiger charge is 2.10. The highest BCUT2D eigenvalue weighted by molar-refractivity contribution is 5.45. The van der Waals surface area contributed by atoms with Crippen molar-refractivity contribution in [3.8, 4) is 5.69 Å². The van der Waals surface area contributed by atoms with E-state index < -0.39 is 0 Å². The van der Waals surface area contributed by atoms with E-state index >= 15 is 0 Å². The Morgan fingerprint density at radius 3 is 2.56 bits per heavy atom. The first kappa shape index (κ1) is 12.8. The summed E-state index contributed by atoms with van der Waals surface area (Å²) in [4.78, 5) is 4.37. The van der Waals surface area contributed by atoms with Crippen LogP contribution in [0.2, 0.25) is 0 Å². The van der Waals surface area contributed by atoms with Gasteiger partial charge < -0.3 is 10.3 Å². The first-order valence-electron chi connectivity index (χ1n) is 6.35. The molecule has 0 aliphatic heterocycles. The summed E-state index contributed by atoms with van der Waals surface area (Å²) in [5.74, 6) is 0. The van der Waals surface area contributed by atoms with E-state index in [9.17, 15) is 0 Å². The summed E-state index contributed by atoms with van der Waals surface area (Å²) in [6.45, 7) is 8.28. The van der Waals surface area contributed by atoms with Crippen molar-refractivity contribution in [2.75, 3.05) is 0 Å². The van der Waals surface area contributed by atoms with Crippen molar-refractivity contribution >= 4 is 0 Å². The molecule has 1 atom stereocenters. The van der Waals surface area contributed by atoms with E-state index in [1.54, 1.807) is 0 Å². The molecule has 1 unspecified atom stereocenters. The molecular formula is C15H21N3. The number of aryl methyl sites for hydroxylation is 2.